The van der Waals surface area contributed by atoms with Gasteiger partial charge in [0.1, 0.15) is 0 Å². The number of halogens is 1. The second-order valence-electron chi connectivity index (χ2n) is 7.01. The van der Waals surface area contributed by atoms with E-state index in [0.29, 0.717) is 13.1 Å². The molecule has 0 aromatic heterocycles. The fourth-order valence-electron chi connectivity index (χ4n) is 3.09. The molecule has 162 valence electrons. The minimum atomic E-state index is -3.54. The van der Waals surface area contributed by atoms with E-state index < -0.39 is 26.0 Å². The number of benzene rings is 2. The number of carbonyl (C=O) groups excluding carboxylic acids is 1. The van der Waals surface area contributed by atoms with Gasteiger partial charge in [-0.25, -0.2) is 16.8 Å². The Morgan fingerprint density at radius 1 is 1.03 bits per heavy atom. The Morgan fingerprint density at radius 2 is 1.67 bits per heavy atom. The van der Waals surface area contributed by atoms with Crippen molar-refractivity contribution < 1.29 is 21.6 Å². The predicted octanol–water partition coefficient (Wildman–Crippen LogP) is 2.43. The van der Waals surface area contributed by atoms with Crippen molar-refractivity contribution in [1.29, 1.82) is 0 Å². The van der Waals surface area contributed by atoms with Gasteiger partial charge in [-0.05, 0) is 48.7 Å². The van der Waals surface area contributed by atoms with Crippen molar-refractivity contribution in [3.05, 3.63) is 58.6 Å². The molecule has 1 amide bonds. The third-order valence-electron chi connectivity index (χ3n) is 4.60. The molecule has 0 spiro atoms. The van der Waals surface area contributed by atoms with E-state index in [0.717, 1.165) is 24.7 Å². The Kier molecular flexibility index (Phi) is 6.71. The topological polar surface area (TPSA) is 113 Å². The van der Waals surface area contributed by atoms with Crippen LogP contribution in [0.25, 0.3) is 0 Å². The minimum absolute atomic E-state index is 0.114. The average molecular weight is 472 g/mol. The summed E-state index contributed by atoms with van der Waals surface area (Å²) in [5.41, 5.74) is 1.08. The highest BCUT2D eigenvalue weighted by molar-refractivity contribution is 7.92. The van der Waals surface area contributed by atoms with E-state index in [-0.39, 0.29) is 27.7 Å². The number of hydrogen-bond acceptors (Lipinski definition) is 5. The first kappa shape index (κ1) is 22.5. The number of amides is 1. The molecular formula is C19H22ClN3O5S2. The molecule has 2 aromatic rings. The Hall–Kier alpha value is -2.14. The largest absolute Gasteiger partial charge is 0.348 e. The Morgan fingerprint density at radius 3 is 2.27 bits per heavy atom. The lowest BCUT2D eigenvalue weighted by Gasteiger charge is -2.15. The number of rotatable bonds is 7. The molecule has 2 aromatic carbocycles. The van der Waals surface area contributed by atoms with Crippen LogP contribution in [0.1, 0.15) is 28.8 Å². The second kappa shape index (κ2) is 8.93. The molecule has 0 saturated carbocycles. The van der Waals surface area contributed by atoms with Gasteiger partial charge in [-0.1, -0.05) is 23.7 Å². The number of nitrogens with zero attached hydrogens (tertiary/aromatic N) is 1. The summed E-state index contributed by atoms with van der Waals surface area (Å²) in [5, 5.41) is 2.89. The van der Waals surface area contributed by atoms with Gasteiger partial charge in [-0.2, -0.15) is 4.31 Å². The summed E-state index contributed by atoms with van der Waals surface area (Å²) in [4.78, 5) is 12.6. The maximum atomic E-state index is 12.6. The van der Waals surface area contributed by atoms with Gasteiger partial charge in [-0.15, -0.1) is 0 Å². The number of carbonyl (C=O) groups is 1. The molecule has 0 atom stereocenters. The molecule has 0 aliphatic carbocycles. The highest BCUT2D eigenvalue weighted by atomic mass is 35.5. The molecule has 3 rings (SSSR count). The normalized spacial score (nSPS) is 15.1. The predicted molar refractivity (Wildman–Crippen MR) is 116 cm³/mol. The van der Waals surface area contributed by atoms with Gasteiger partial charge in [0.2, 0.25) is 20.0 Å². The number of anilines is 1. The quantitative estimate of drug-likeness (QED) is 0.644. The van der Waals surface area contributed by atoms with Crippen molar-refractivity contribution >= 4 is 43.2 Å². The standard InChI is InChI=1S/C19H22ClN3O5S2/c1-29(25,26)22-18-12-15(6-9-17(18)20)19(24)21-13-14-4-7-16(8-5-14)30(27,28)23-10-2-3-11-23/h4-9,12,22H,2-3,10-11,13H2,1H3,(H,21,24). The van der Waals surface area contributed by atoms with Gasteiger partial charge < -0.3 is 5.32 Å². The molecule has 1 aliphatic rings. The van der Waals surface area contributed by atoms with Gasteiger partial charge in [0.15, 0.2) is 0 Å². The number of nitrogens with one attached hydrogen (secondary N) is 2. The molecule has 1 saturated heterocycles. The van der Waals surface area contributed by atoms with Crippen molar-refractivity contribution in [2.75, 3.05) is 24.1 Å². The smallest absolute Gasteiger partial charge is 0.251 e. The zero-order chi connectivity index (χ0) is 21.9. The molecule has 1 aliphatic heterocycles. The van der Waals surface area contributed by atoms with Crippen molar-refractivity contribution in [2.45, 2.75) is 24.3 Å². The van der Waals surface area contributed by atoms with E-state index in [4.69, 9.17) is 11.6 Å². The van der Waals surface area contributed by atoms with E-state index >= 15 is 0 Å². The average Bonchev–Trinajstić information content (AvgIpc) is 3.23. The summed E-state index contributed by atoms with van der Waals surface area (Å²) < 4.78 is 51.7. The zero-order valence-electron chi connectivity index (χ0n) is 16.3. The summed E-state index contributed by atoms with van der Waals surface area (Å²) in [6, 6.07) is 10.6. The van der Waals surface area contributed by atoms with Gasteiger partial charge in [0.25, 0.3) is 5.91 Å². The molecule has 1 fully saturated rings. The molecule has 0 radical (unpaired) electrons. The van der Waals surface area contributed by atoms with Crippen molar-refractivity contribution in [2.24, 2.45) is 0 Å². The lowest BCUT2D eigenvalue weighted by molar-refractivity contribution is 0.0951. The van der Waals surface area contributed by atoms with Gasteiger partial charge in [-0.3, -0.25) is 9.52 Å². The highest BCUT2D eigenvalue weighted by Gasteiger charge is 2.26. The summed E-state index contributed by atoms with van der Waals surface area (Å²) in [6.07, 6.45) is 2.73. The summed E-state index contributed by atoms with van der Waals surface area (Å²) >= 11 is 5.97. The SMILES string of the molecule is CS(=O)(=O)Nc1cc(C(=O)NCc2ccc(S(=O)(=O)N3CCCC3)cc2)ccc1Cl. The fraction of sp³-hybridized carbons (Fsp3) is 0.316. The van der Waals surface area contributed by atoms with E-state index in [1.54, 1.807) is 12.1 Å². The van der Waals surface area contributed by atoms with Crippen LogP contribution in [0.5, 0.6) is 0 Å². The van der Waals surface area contributed by atoms with Gasteiger partial charge >= 0.3 is 0 Å². The molecule has 8 nitrogen and oxygen atoms in total. The maximum Gasteiger partial charge on any atom is 0.251 e. The summed E-state index contributed by atoms with van der Waals surface area (Å²) in [5.74, 6) is -0.419. The first-order chi connectivity index (χ1) is 14.1. The third kappa shape index (κ3) is 5.51. The van der Waals surface area contributed by atoms with Crippen LogP contribution in [-0.4, -0.2) is 46.4 Å². The molecular weight excluding hydrogens is 450 g/mol. The molecule has 2 N–H and O–H groups in total. The monoisotopic (exact) mass is 471 g/mol. The van der Waals surface area contributed by atoms with Gasteiger partial charge in [0, 0.05) is 25.2 Å². The van der Waals surface area contributed by atoms with Crippen LogP contribution in [0, 0.1) is 0 Å². The van der Waals surface area contributed by atoms with Crippen molar-refractivity contribution in [3.8, 4) is 0 Å². The van der Waals surface area contributed by atoms with E-state index in [1.807, 2.05) is 0 Å². The summed E-state index contributed by atoms with van der Waals surface area (Å²) in [7, 11) is -7.01. The highest BCUT2D eigenvalue weighted by Crippen LogP contribution is 2.24. The number of sulfonamides is 2. The Bertz CT molecular complexity index is 1140. The second-order valence-corrected chi connectivity index (χ2v) is 11.1. The first-order valence-electron chi connectivity index (χ1n) is 9.21. The summed E-state index contributed by atoms with van der Waals surface area (Å²) in [6.45, 7) is 1.26. The zero-order valence-corrected chi connectivity index (χ0v) is 18.6. The molecule has 30 heavy (non-hydrogen) atoms. The number of hydrogen-bond donors (Lipinski definition) is 2. The van der Waals surface area contributed by atoms with E-state index in [9.17, 15) is 21.6 Å². The van der Waals surface area contributed by atoms with Crippen molar-refractivity contribution in [1.82, 2.24) is 9.62 Å². The van der Waals surface area contributed by atoms with Crippen molar-refractivity contribution in [3.63, 3.8) is 0 Å². The lowest BCUT2D eigenvalue weighted by atomic mass is 10.1. The van der Waals surface area contributed by atoms with Crippen LogP contribution < -0.4 is 10.0 Å². The Labute approximate surface area is 181 Å². The van der Waals surface area contributed by atoms with Crippen LogP contribution in [0.4, 0.5) is 5.69 Å². The Balaban J connectivity index is 1.66. The fourth-order valence-corrected chi connectivity index (χ4v) is 5.39. The van der Waals surface area contributed by atoms with Crippen LogP contribution in [0.15, 0.2) is 47.4 Å². The molecule has 1 heterocycles. The lowest BCUT2D eigenvalue weighted by Crippen LogP contribution is -2.28. The van der Waals surface area contributed by atoms with E-state index in [2.05, 4.69) is 10.0 Å². The molecule has 11 heteroatoms. The first-order valence-corrected chi connectivity index (χ1v) is 12.9. The van der Waals surface area contributed by atoms with E-state index in [1.165, 1.54) is 34.6 Å². The van der Waals surface area contributed by atoms with Crippen LogP contribution in [0.3, 0.4) is 0 Å². The maximum absolute atomic E-state index is 12.6. The van der Waals surface area contributed by atoms with Gasteiger partial charge in [0.05, 0.1) is 21.9 Å². The van der Waals surface area contributed by atoms with Crippen LogP contribution in [-0.2, 0) is 26.6 Å². The third-order valence-corrected chi connectivity index (χ3v) is 7.44. The molecule has 0 bridgehead atoms. The van der Waals surface area contributed by atoms with Crippen LogP contribution in [0.2, 0.25) is 5.02 Å². The van der Waals surface area contributed by atoms with Crippen LogP contribution >= 0.6 is 11.6 Å². The molecule has 0 unspecified atom stereocenters. The minimum Gasteiger partial charge on any atom is -0.348 e.